The van der Waals surface area contributed by atoms with Gasteiger partial charge in [-0.1, -0.05) is 60.7 Å². The molecular weight excluding hydrogens is 356 g/mol. The lowest BCUT2D eigenvalue weighted by atomic mass is 10.1. The molecule has 28 heavy (non-hydrogen) atoms. The number of aliphatic carboxylic acids is 1. The van der Waals surface area contributed by atoms with Gasteiger partial charge in [-0.05, 0) is 23.3 Å². The highest BCUT2D eigenvalue weighted by molar-refractivity contribution is 5.97. The SMILES string of the molecule is O=C(N[C@@H](Cc1ccccc1)C(=O)O)c1ncccc1OCc1ccccc1. The summed E-state index contributed by atoms with van der Waals surface area (Å²) in [5, 5.41) is 12.0. The zero-order valence-corrected chi connectivity index (χ0v) is 15.1. The fourth-order valence-electron chi connectivity index (χ4n) is 2.69. The van der Waals surface area contributed by atoms with Crippen molar-refractivity contribution >= 4 is 11.9 Å². The molecule has 1 atom stereocenters. The number of carboxylic acids is 1. The minimum Gasteiger partial charge on any atom is -0.486 e. The van der Waals surface area contributed by atoms with Crippen molar-refractivity contribution in [3.8, 4) is 5.75 Å². The Morgan fingerprint density at radius 3 is 2.21 bits per heavy atom. The Hall–Kier alpha value is -3.67. The number of hydrogen-bond donors (Lipinski definition) is 2. The molecule has 0 saturated carbocycles. The maximum absolute atomic E-state index is 12.7. The van der Waals surface area contributed by atoms with Gasteiger partial charge in [-0.2, -0.15) is 0 Å². The number of nitrogens with zero attached hydrogens (tertiary/aromatic N) is 1. The van der Waals surface area contributed by atoms with Gasteiger partial charge in [-0.25, -0.2) is 9.78 Å². The molecule has 3 aromatic rings. The molecule has 1 heterocycles. The Bertz CT molecular complexity index is 930. The fourth-order valence-corrected chi connectivity index (χ4v) is 2.69. The summed E-state index contributed by atoms with van der Waals surface area (Å²) in [6.45, 7) is 0.277. The molecule has 142 valence electrons. The number of hydrogen-bond acceptors (Lipinski definition) is 4. The van der Waals surface area contributed by atoms with E-state index in [2.05, 4.69) is 10.3 Å². The van der Waals surface area contributed by atoms with Gasteiger partial charge in [0.15, 0.2) is 11.4 Å². The van der Waals surface area contributed by atoms with Crippen molar-refractivity contribution in [3.63, 3.8) is 0 Å². The summed E-state index contributed by atoms with van der Waals surface area (Å²) in [7, 11) is 0. The highest BCUT2D eigenvalue weighted by atomic mass is 16.5. The third kappa shape index (κ3) is 5.17. The molecule has 0 aliphatic heterocycles. The molecule has 0 fully saturated rings. The number of benzene rings is 2. The number of amides is 1. The van der Waals surface area contributed by atoms with Crippen LogP contribution in [-0.2, 0) is 17.8 Å². The molecule has 3 rings (SSSR count). The van der Waals surface area contributed by atoms with E-state index < -0.39 is 17.9 Å². The first-order valence-corrected chi connectivity index (χ1v) is 8.83. The van der Waals surface area contributed by atoms with E-state index in [4.69, 9.17) is 4.74 Å². The van der Waals surface area contributed by atoms with E-state index in [1.165, 1.54) is 6.20 Å². The summed E-state index contributed by atoms with van der Waals surface area (Å²) in [5.41, 5.74) is 1.82. The second kappa shape index (κ2) is 9.32. The van der Waals surface area contributed by atoms with E-state index in [-0.39, 0.29) is 18.7 Å². The van der Waals surface area contributed by atoms with E-state index >= 15 is 0 Å². The van der Waals surface area contributed by atoms with Gasteiger partial charge in [-0.15, -0.1) is 0 Å². The zero-order chi connectivity index (χ0) is 19.8. The predicted octanol–water partition coefficient (Wildman–Crippen LogP) is 3.09. The van der Waals surface area contributed by atoms with Crippen LogP contribution in [0.15, 0.2) is 79.0 Å². The van der Waals surface area contributed by atoms with Gasteiger partial charge < -0.3 is 15.2 Å². The van der Waals surface area contributed by atoms with Crippen molar-refractivity contribution in [2.75, 3.05) is 0 Å². The van der Waals surface area contributed by atoms with Gasteiger partial charge in [0.2, 0.25) is 0 Å². The Kier molecular flexibility index (Phi) is 6.36. The largest absolute Gasteiger partial charge is 0.486 e. The zero-order valence-electron chi connectivity index (χ0n) is 15.1. The first-order chi connectivity index (χ1) is 13.6. The minimum atomic E-state index is -1.11. The van der Waals surface area contributed by atoms with Gasteiger partial charge in [0.1, 0.15) is 12.6 Å². The molecular formula is C22H20N2O4. The summed E-state index contributed by atoms with van der Waals surface area (Å²) in [4.78, 5) is 28.3. The van der Waals surface area contributed by atoms with E-state index in [1.807, 2.05) is 60.7 Å². The maximum Gasteiger partial charge on any atom is 0.326 e. The topological polar surface area (TPSA) is 88.5 Å². The van der Waals surface area contributed by atoms with Crippen LogP contribution in [0.4, 0.5) is 0 Å². The quantitative estimate of drug-likeness (QED) is 0.631. The molecule has 0 radical (unpaired) electrons. The Morgan fingerprint density at radius 2 is 1.57 bits per heavy atom. The fraction of sp³-hybridized carbons (Fsp3) is 0.136. The third-order valence-corrected chi connectivity index (χ3v) is 4.11. The van der Waals surface area contributed by atoms with Crippen LogP contribution >= 0.6 is 0 Å². The molecule has 0 saturated heterocycles. The van der Waals surface area contributed by atoms with Crippen LogP contribution in [-0.4, -0.2) is 28.0 Å². The Morgan fingerprint density at radius 1 is 0.929 bits per heavy atom. The van der Waals surface area contributed by atoms with Crippen molar-refractivity contribution < 1.29 is 19.4 Å². The second-order valence-corrected chi connectivity index (χ2v) is 6.18. The summed E-state index contributed by atoms with van der Waals surface area (Å²) < 4.78 is 5.73. The molecule has 0 aliphatic rings. The van der Waals surface area contributed by atoms with Crippen LogP contribution < -0.4 is 10.1 Å². The molecule has 0 aliphatic carbocycles. The van der Waals surface area contributed by atoms with Crippen LogP contribution in [0, 0.1) is 0 Å². The summed E-state index contributed by atoms with van der Waals surface area (Å²) in [5.74, 6) is -1.40. The number of nitrogens with one attached hydrogen (secondary N) is 1. The highest BCUT2D eigenvalue weighted by Crippen LogP contribution is 2.17. The van der Waals surface area contributed by atoms with Crippen molar-refractivity contribution in [2.45, 2.75) is 19.1 Å². The van der Waals surface area contributed by atoms with Crippen molar-refractivity contribution in [3.05, 3.63) is 95.8 Å². The number of aromatic nitrogens is 1. The average molecular weight is 376 g/mol. The first-order valence-electron chi connectivity index (χ1n) is 8.83. The summed E-state index contributed by atoms with van der Waals surface area (Å²) >= 11 is 0. The van der Waals surface area contributed by atoms with Crippen molar-refractivity contribution in [1.29, 1.82) is 0 Å². The van der Waals surface area contributed by atoms with Gasteiger partial charge in [0.05, 0.1) is 0 Å². The van der Waals surface area contributed by atoms with Gasteiger partial charge >= 0.3 is 5.97 Å². The summed E-state index contributed by atoms with van der Waals surface area (Å²) in [6, 6.07) is 20.9. The first kappa shape index (κ1) is 19.1. The molecule has 6 heteroatoms. The van der Waals surface area contributed by atoms with Crippen molar-refractivity contribution in [2.24, 2.45) is 0 Å². The number of ether oxygens (including phenoxy) is 1. The minimum absolute atomic E-state index is 0.0535. The highest BCUT2D eigenvalue weighted by Gasteiger charge is 2.23. The molecule has 1 aromatic heterocycles. The molecule has 2 N–H and O–H groups in total. The van der Waals surface area contributed by atoms with Crippen molar-refractivity contribution in [1.82, 2.24) is 10.3 Å². The Balaban J connectivity index is 1.71. The van der Waals surface area contributed by atoms with Crippen LogP contribution in [0.2, 0.25) is 0 Å². The predicted molar refractivity (Wildman–Crippen MR) is 104 cm³/mol. The Labute approximate surface area is 162 Å². The van der Waals surface area contributed by atoms with Crippen LogP contribution in [0.25, 0.3) is 0 Å². The van der Waals surface area contributed by atoms with Gasteiger partial charge in [0.25, 0.3) is 5.91 Å². The number of pyridine rings is 1. The third-order valence-electron chi connectivity index (χ3n) is 4.11. The lowest BCUT2D eigenvalue weighted by Gasteiger charge is -2.16. The standard InChI is InChI=1S/C22H20N2O4/c25-21(24-18(22(26)27)14-16-8-3-1-4-9-16)20-19(12-7-13-23-20)28-15-17-10-5-2-6-11-17/h1-13,18H,14-15H2,(H,24,25)(H,26,27)/t18-/m0/s1. The monoisotopic (exact) mass is 376 g/mol. The smallest absolute Gasteiger partial charge is 0.326 e. The van der Waals surface area contributed by atoms with E-state index in [0.29, 0.717) is 5.75 Å². The maximum atomic E-state index is 12.7. The molecule has 0 bridgehead atoms. The average Bonchev–Trinajstić information content (AvgIpc) is 2.73. The molecule has 0 unspecified atom stereocenters. The summed E-state index contributed by atoms with van der Waals surface area (Å²) in [6.07, 6.45) is 1.65. The van der Waals surface area contributed by atoms with Gasteiger partial charge in [-0.3, -0.25) is 4.79 Å². The van der Waals surface area contributed by atoms with Crippen LogP contribution in [0.5, 0.6) is 5.75 Å². The number of carbonyl (C=O) groups is 2. The van der Waals surface area contributed by atoms with Gasteiger partial charge in [0, 0.05) is 12.6 Å². The van der Waals surface area contributed by atoms with Crippen LogP contribution in [0.3, 0.4) is 0 Å². The lowest BCUT2D eigenvalue weighted by molar-refractivity contribution is -0.139. The molecule has 2 aromatic carbocycles. The van der Waals surface area contributed by atoms with Crippen LogP contribution in [0.1, 0.15) is 21.6 Å². The lowest BCUT2D eigenvalue weighted by Crippen LogP contribution is -2.42. The second-order valence-electron chi connectivity index (χ2n) is 6.18. The molecule has 6 nitrogen and oxygen atoms in total. The van der Waals surface area contributed by atoms with E-state index in [9.17, 15) is 14.7 Å². The molecule has 1 amide bonds. The molecule has 0 spiro atoms. The van der Waals surface area contributed by atoms with E-state index in [0.717, 1.165) is 11.1 Å². The number of carboxylic acid groups (broad SMARTS) is 1. The van der Waals surface area contributed by atoms with E-state index in [1.54, 1.807) is 12.1 Å². The number of rotatable bonds is 8. The number of carbonyl (C=O) groups excluding carboxylic acids is 1. The normalized spacial score (nSPS) is 11.4.